The Balaban J connectivity index is 0.000000980. The number of carbonyl (C=O) groups is 1. The summed E-state index contributed by atoms with van der Waals surface area (Å²) in [5.74, 6) is -0.384. The highest BCUT2D eigenvalue weighted by Gasteiger charge is 1.99. The van der Waals surface area contributed by atoms with Gasteiger partial charge in [-0.05, 0) is 22.9 Å². The number of hydrogen-bond acceptors (Lipinski definition) is 2. The Morgan fingerprint density at radius 1 is 1.00 bits per heavy atom. The average Bonchev–Trinajstić information content (AvgIpc) is 2.17. The molecule has 2 aromatic carbocycles. The van der Waals surface area contributed by atoms with Crippen molar-refractivity contribution in [2.75, 3.05) is 0 Å². The van der Waals surface area contributed by atoms with Crippen LogP contribution in [0.3, 0.4) is 0 Å². The average molecular weight is 188 g/mol. The molecule has 2 aromatic rings. The predicted octanol–water partition coefficient (Wildman–Crippen LogP) is 2.10. The molecule has 0 aliphatic heterocycles. The van der Waals surface area contributed by atoms with Crippen molar-refractivity contribution in [2.45, 2.75) is 0 Å². The summed E-state index contributed by atoms with van der Waals surface area (Å²) in [4.78, 5) is 10.9. The largest absolute Gasteiger partial charge is 0.366 e. The molecule has 0 unspecified atom stereocenters. The van der Waals surface area contributed by atoms with Gasteiger partial charge in [0, 0.05) is 5.56 Å². The number of benzene rings is 2. The Hall–Kier alpha value is -1.87. The smallest absolute Gasteiger partial charge is 0.248 e. The van der Waals surface area contributed by atoms with Gasteiger partial charge in [-0.25, -0.2) is 0 Å². The van der Waals surface area contributed by atoms with Gasteiger partial charge in [0.05, 0.1) is 0 Å². The van der Waals surface area contributed by atoms with Gasteiger partial charge in [0.15, 0.2) is 0 Å². The molecule has 0 fully saturated rings. The summed E-state index contributed by atoms with van der Waals surface area (Å²) < 4.78 is 0. The molecule has 0 spiro atoms. The molecule has 2 rings (SSSR count). The van der Waals surface area contributed by atoms with Crippen molar-refractivity contribution in [3.05, 3.63) is 48.0 Å². The number of nitrogens with two attached hydrogens (primary N) is 1. The maximum Gasteiger partial charge on any atom is 0.248 e. The molecule has 0 saturated carbocycles. The fourth-order valence-electron chi connectivity index (χ4n) is 1.34. The zero-order valence-electron chi connectivity index (χ0n) is 7.73. The molecule has 14 heavy (non-hydrogen) atoms. The number of hydrogen-bond donors (Lipinski definition) is 2. The first-order chi connectivity index (χ1) is 6.27. The van der Waals surface area contributed by atoms with Crippen LogP contribution in [0.1, 0.15) is 10.4 Å². The van der Waals surface area contributed by atoms with E-state index in [-0.39, 0.29) is 12.1 Å². The highest BCUT2D eigenvalue weighted by atomic mass is 16.1. The Morgan fingerprint density at radius 2 is 1.64 bits per heavy atom. The summed E-state index contributed by atoms with van der Waals surface area (Å²) in [6.45, 7) is 0. The Labute approximate surface area is 82.1 Å². The summed E-state index contributed by atoms with van der Waals surface area (Å²) in [7, 11) is 0. The first-order valence-corrected chi connectivity index (χ1v) is 4.06. The third-order valence-electron chi connectivity index (χ3n) is 2.03. The lowest BCUT2D eigenvalue weighted by Gasteiger charge is -1.98. The molecule has 5 N–H and O–H groups in total. The first kappa shape index (κ1) is 10.2. The van der Waals surface area contributed by atoms with Crippen molar-refractivity contribution in [2.24, 2.45) is 5.73 Å². The lowest BCUT2D eigenvalue weighted by molar-refractivity contribution is 0.100. The summed E-state index contributed by atoms with van der Waals surface area (Å²) in [5.41, 5.74) is 5.72. The fraction of sp³-hybridized carbons (Fsp3) is 0. The maximum absolute atomic E-state index is 10.9. The van der Waals surface area contributed by atoms with Crippen LogP contribution in [0.15, 0.2) is 42.5 Å². The maximum atomic E-state index is 10.9. The zero-order valence-corrected chi connectivity index (χ0v) is 7.73. The van der Waals surface area contributed by atoms with Crippen LogP contribution in [0.4, 0.5) is 0 Å². The van der Waals surface area contributed by atoms with E-state index < -0.39 is 0 Å². The second-order valence-corrected chi connectivity index (χ2v) is 2.93. The molecule has 1 amide bonds. The summed E-state index contributed by atoms with van der Waals surface area (Å²) in [6, 6.07) is 13.3. The van der Waals surface area contributed by atoms with E-state index in [0.717, 1.165) is 10.8 Å². The van der Waals surface area contributed by atoms with E-state index >= 15 is 0 Å². The van der Waals surface area contributed by atoms with Crippen molar-refractivity contribution in [1.82, 2.24) is 6.15 Å². The first-order valence-electron chi connectivity index (χ1n) is 4.06. The van der Waals surface area contributed by atoms with Crippen LogP contribution in [0.25, 0.3) is 10.8 Å². The summed E-state index contributed by atoms with van der Waals surface area (Å²) >= 11 is 0. The highest BCUT2D eigenvalue weighted by Crippen LogP contribution is 2.14. The summed E-state index contributed by atoms with van der Waals surface area (Å²) in [6.07, 6.45) is 0. The molecule has 0 saturated heterocycles. The predicted molar refractivity (Wildman–Crippen MR) is 57.5 cm³/mol. The second-order valence-electron chi connectivity index (χ2n) is 2.93. The molecule has 0 heterocycles. The van der Waals surface area contributed by atoms with Crippen LogP contribution in [0, 0.1) is 0 Å². The molecule has 0 radical (unpaired) electrons. The SMILES string of the molecule is N.NC(=O)c1ccc2ccccc2c1. The van der Waals surface area contributed by atoms with Gasteiger partial charge in [-0.3, -0.25) is 4.79 Å². The molecular formula is C11H12N2O. The van der Waals surface area contributed by atoms with Crippen molar-refractivity contribution in [1.29, 1.82) is 0 Å². The lowest BCUT2D eigenvalue weighted by atomic mass is 10.1. The monoisotopic (exact) mass is 188 g/mol. The van der Waals surface area contributed by atoms with Crippen molar-refractivity contribution in [3.63, 3.8) is 0 Å². The quantitative estimate of drug-likeness (QED) is 0.718. The van der Waals surface area contributed by atoms with Gasteiger partial charge in [-0.15, -0.1) is 0 Å². The molecule has 3 heteroatoms. The third kappa shape index (κ3) is 1.72. The number of primary amides is 1. The van der Waals surface area contributed by atoms with E-state index in [4.69, 9.17) is 5.73 Å². The van der Waals surface area contributed by atoms with Crippen molar-refractivity contribution < 1.29 is 4.79 Å². The Bertz CT molecular complexity index is 466. The van der Waals surface area contributed by atoms with Crippen LogP contribution < -0.4 is 11.9 Å². The Morgan fingerprint density at radius 3 is 2.29 bits per heavy atom. The minimum atomic E-state index is -0.384. The molecule has 3 nitrogen and oxygen atoms in total. The van der Waals surface area contributed by atoms with Gasteiger partial charge in [0.25, 0.3) is 0 Å². The Kier molecular flexibility index (Phi) is 2.84. The van der Waals surface area contributed by atoms with Gasteiger partial charge in [0.2, 0.25) is 5.91 Å². The molecular weight excluding hydrogens is 176 g/mol. The fourth-order valence-corrected chi connectivity index (χ4v) is 1.34. The number of rotatable bonds is 1. The standard InChI is InChI=1S/C11H9NO.H3N/c12-11(13)10-6-5-8-3-1-2-4-9(8)7-10;/h1-7H,(H2,12,13);1H3. The number of carbonyl (C=O) groups excluding carboxylic acids is 1. The zero-order chi connectivity index (χ0) is 9.26. The van der Waals surface area contributed by atoms with Crippen LogP contribution in [-0.2, 0) is 0 Å². The van der Waals surface area contributed by atoms with Crippen LogP contribution in [0.2, 0.25) is 0 Å². The number of fused-ring (bicyclic) bond motifs is 1. The molecule has 0 aliphatic rings. The minimum Gasteiger partial charge on any atom is -0.366 e. The van der Waals surface area contributed by atoms with E-state index in [1.807, 2.05) is 30.3 Å². The molecule has 0 atom stereocenters. The van der Waals surface area contributed by atoms with E-state index in [9.17, 15) is 4.79 Å². The van der Waals surface area contributed by atoms with Gasteiger partial charge in [-0.2, -0.15) is 0 Å². The lowest BCUT2D eigenvalue weighted by Crippen LogP contribution is -2.10. The van der Waals surface area contributed by atoms with Gasteiger partial charge < -0.3 is 11.9 Å². The second kappa shape index (κ2) is 3.89. The normalized spacial score (nSPS) is 9.43. The topological polar surface area (TPSA) is 78.1 Å². The van der Waals surface area contributed by atoms with Crippen LogP contribution >= 0.6 is 0 Å². The van der Waals surface area contributed by atoms with E-state index in [1.165, 1.54) is 0 Å². The van der Waals surface area contributed by atoms with Gasteiger partial charge >= 0.3 is 0 Å². The molecule has 0 aliphatic carbocycles. The van der Waals surface area contributed by atoms with Crippen molar-refractivity contribution >= 4 is 16.7 Å². The molecule has 0 aromatic heterocycles. The number of amides is 1. The third-order valence-corrected chi connectivity index (χ3v) is 2.03. The van der Waals surface area contributed by atoms with Gasteiger partial charge in [-0.1, -0.05) is 30.3 Å². The van der Waals surface area contributed by atoms with Crippen molar-refractivity contribution in [3.8, 4) is 0 Å². The molecule has 0 bridgehead atoms. The van der Waals surface area contributed by atoms with Crippen LogP contribution in [-0.4, -0.2) is 5.91 Å². The van der Waals surface area contributed by atoms with Crippen LogP contribution in [0.5, 0.6) is 0 Å². The highest BCUT2D eigenvalue weighted by molar-refractivity contribution is 5.97. The van der Waals surface area contributed by atoms with E-state index in [1.54, 1.807) is 12.1 Å². The van der Waals surface area contributed by atoms with E-state index in [2.05, 4.69) is 0 Å². The minimum absolute atomic E-state index is 0. The van der Waals surface area contributed by atoms with Gasteiger partial charge in [0.1, 0.15) is 0 Å². The summed E-state index contributed by atoms with van der Waals surface area (Å²) in [5, 5.41) is 2.16. The molecule has 72 valence electrons. The van der Waals surface area contributed by atoms with E-state index in [0.29, 0.717) is 5.56 Å².